The van der Waals surface area contributed by atoms with Gasteiger partial charge in [0.1, 0.15) is 11.4 Å². The highest BCUT2D eigenvalue weighted by Crippen LogP contribution is 2.32. The number of hydrogen-bond acceptors (Lipinski definition) is 6. The molecule has 0 spiro atoms. The van der Waals surface area contributed by atoms with Crippen molar-refractivity contribution < 1.29 is 23.1 Å². The van der Waals surface area contributed by atoms with Gasteiger partial charge in [0.15, 0.2) is 0 Å². The number of alkyl halides is 2. The molecule has 4 aromatic rings. The number of nitrogens with zero attached hydrogens (tertiary/aromatic N) is 3. The minimum atomic E-state index is -2.76. The van der Waals surface area contributed by atoms with Crippen molar-refractivity contribution in [2.75, 3.05) is 23.3 Å². The number of amides is 1. The smallest absolute Gasteiger partial charge is 0.434 e. The van der Waals surface area contributed by atoms with Crippen LogP contribution >= 0.6 is 0 Å². The van der Waals surface area contributed by atoms with Crippen molar-refractivity contribution >= 4 is 45.3 Å². The molecule has 2 aromatic carbocycles. The van der Waals surface area contributed by atoms with Crippen LogP contribution in [0.15, 0.2) is 53.3 Å². The molecule has 1 fully saturated rings. The molecule has 1 aliphatic heterocycles. The molecule has 11 heteroatoms. The van der Waals surface area contributed by atoms with E-state index in [1.807, 2.05) is 24.3 Å². The summed E-state index contributed by atoms with van der Waals surface area (Å²) >= 11 is 0. The number of ether oxygens (including phenoxy) is 1. The molecule has 1 aliphatic rings. The minimum absolute atomic E-state index is 0.0676. The second-order valence-corrected chi connectivity index (χ2v) is 10.7. The first-order valence-electron chi connectivity index (χ1n) is 12.7. The van der Waals surface area contributed by atoms with Crippen LogP contribution in [0.5, 0.6) is 0 Å². The van der Waals surface area contributed by atoms with Crippen molar-refractivity contribution in [3.05, 3.63) is 64.4 Å². The van der Waals surface area contributed by atoms with E-state index >= 15 is 0 Å². The first-order valence-corrected chi connectivity index (χ1v) is 12.7. The quantitative estimate of drug-likeness (QED) is 0.355. The summed E-state index contributed by atoms with van der Waals surface area (Å²) in [7, 11) is 0. The number of benzene rings is 2. The fourth-order valence-electron chi connectivity index (χ4n) is 4.65. The molecule has 0 aliphatic carbocycles. The van der Waals surface area contributed by atoms with Crippen LogP contribution in [0.3, 0.4) is 0 Å². The summed E-state index contributed by atoms with van der Waals surface area (Å²) in [4.78, 5) is 45.1. The third kappa shape index (κ3) is 5.62. The van der Waals surface area contributed by atoms with Crippen molar-refractivity contribution in [3.8, 4) is 0 Å². The van der Waals surface area contributed by atoms with E-state index in [0.29, 0.717) is 29.1 Å². The first kappa shape index (κ1) is 26.3. The van der Waals surface area contributed by atoms with Crippen LogP contribution in [-0.4, -0.2) is 51.4 Å². The van der Waals surface area contributed by atoms with Crippen molar-refractivity contribution in [2.45, 2.75) is 51.6 Å². The van der Waals surface area contributed by atoms with Crippen molar-refractivity contribution in [3.63, 3.8) is 0 Å². The van der Waals surface area contributed by atoms with E-state index in [1.54, 1.807) is 37.8 Å². The molecule has 0 radical (unpaired) electrons. The van der Waals surface area contributed by atoms with Gasteiger partial charge in [-0.1, -0.05) is 18.2 Å². The Hall–Kier alpha value is -4.28. The number of H-pyrrole nitrogens is 1. The number of fused-ring (bicyclic) bond motifs is 2. The molecule has 0 bridgehead atoms. The molecule has 1 saturated heterocycles. The van der Waals surface area contributed by atoms with Crippen molar-refractivity contribution in [2.24, 2.45) is 0 Å². The Morgan fingerprint density at radius 1 is 1.08 bits per heavy atom. The molecule has 0 atom stereocenters. The fourth-order valence-corrected chi connectivity index (χ4v) is 4.65. The normalized spacial score (nSPS) is 15.8. The lowest BCUT2D eigenvalue weighted by Crippen LogP contribution is -2.29. The van der Waals surface area contributed by atoms with Crippen LogP contribution in [0.4, 0.5) is 25.1 Å². The standard InChI is InChI=1S/C28H29F2N5O4/c1-27(2,3)39-26(38)35-22-10-9-18(16-19(22)25(37)33-35)31-24(36)20-15-17-7-4-5-8-21(17)32-23(20)34-13-6-11-28(29,30)12-14-34/h4-5,7-10,15-16H,6,11-14H2,1-3H3,(H,31,36)(H,33,37). The molecule has 9 nitrogen and oxygen atoms in total. The van der Waals surface area contributed by atoms with E-state index in [-0.39, 0.29) is 36.8 Å². The van der Waals surface area contributed by atoms with E-state index in [4.69, 9.17) is 4.74 Å². The van der Waals surface area contributed by atoms with Gasteiger partial charge in [-0.3, -0.25) is 14.7 Å². The predicted octanol–water partition coefficient (Wildman–Crippen LogP) is 5.54. The second-order valence-electron chi connectivity index (χ2n) is 10.7. The van der Waals surface area contributed by atoms with E-state index in [1.165, 1.54) is 12.1 Å². The highest BCUT2D eigenvalue weighted by atomic mass is 19.3. The van der Waals surface area contributed by atoms with E-state index < -0.39 is 29.1 Å². The van der Waals surface area contributed by atoms with Gasteiger partial charge in [-0.15, -0.1) is 0 Å². The summed E-state index contributed by atoms with van der Waals surface area (Å²) in [6.45, 7) is 5.57. The maximum atomic E-state index is 14.1. The first-order chi connectivity index (χ1) is 18.4. The lowest BCUT2D eigenvalue weighted by molar-refractivity contribution is -0.0102. The fraction of sp³-hybridized carbons (Fsp3) is 0.357. The van der Waals surface area contributed by atoms with Crippen molar-refractivity contribution in [1.82, 2.24) is 14.8 Å². The summed E-state index contributed by atoms with van der Waals surface area (Å²) < 4.78 is 34.5. The van der Waals surface area contributed by atoms with Crippen LogP contribution in [0.25, 0.3) is 21.8 Å². The summed E-state index contributed by atoms with van der Waals surface area (Å²) in [6.07, 6.45) is -0.995. The lowest BCUT2D eigenvalue weighted by Gasteiger charge is -2.24. The lowest BCUT2D eigenvalue weighted by atomic mass is 10.1. The Morgan fingerprint density at radius 2 is 1.85 bits per heavy atom. The molecule has 0 unspecified atom stereocenters. The second kappa shape index (κ2) is 9.79. The largest absolute Gasteiger partial charge is 0.442 e. The van der Waals surface area contributed by atoms with Crippen LogP contribution in [0.2, 0.25) is 0 Å². The van der Waals surface area contributed by atoms with Gasteiger partial charge in [0, 0.05) is 37.0 Å². The number of aromatic nitrogens is 3. The van der Waals surface area contributed by atoms with Crippen LogP contribution in [-0.2, 0) is 4.74 Å². The van der Waals surface area contributed by atoms with Gasteiger partial charge in [-0.2, -0.15) is 4.68 Å². The number of hydrogen-bond donors (Lipinski definition) is 2. The molecular formula is C28H29F2N5O4. The van der Waals surface area contributed by atoms with Gasteiger partial charge in [0.2, 0.25) is 5.92 Å². The van der Waals surface area contributed by atoms with Crippen molar-refractivity contribution in [1.29, 1.82) is 0 Å². The Kier molecular flexibility index (Phi) is 6.61. The number of pyridine rings is 1. The highest BCUT2D eigenvalue weighted by molar-refractivity contribution is 6.10. The van der Waals surface area contributed by atoms with Crippen LogP contribution in [0.1, 0.15) is 50.4 Å². The monoisotopic (exact) mass is 537 g/mol. The maximum Gasteiger partial charge on any atom is 0.434 e. The number of carbonyl (C=O) groups is 2. The number of carbonyl (C=O) groups excluding carboxylic acids is 2. The average Bonchev–Trinajstić information content (AvgIpc) is 3.08. The van der Waals surface area contributed by atoms with E-state index in [2.05, 4.69) is 15.4 Å². The van der Waals surface area contributed by atoms with Gasteiger partial charge in [0.05, 0.1) is 22.0 Å². The Morgan fingerprint density at radius 3 is 2.62 bits per heavy atom. The van der Waals surface area contributed by atoms with Crippen LogP contribution in [0, 0.1) is 0 Å². The average molecular weight is 538 g/mol. The molecule has 2 aromatic heterocycles. The highest BCUT2D eigenvalue weighted by Gasteiger charge is 2.33. The zero-order valence-corrected chi connectivity index (χ0v) is 21.9. The molecule has 0 saturated carbocycles. The van der Waals surface area contributed by atoms with E-state index in [0.717, 1.165) is 10.1 Å². The van der Waals surface area contributed by atoms with Crippen LogP contribution < -0.4 is 15.8 Å². The molecule has 2 N–H and O–H groups in total. The number of nitrogens with one attached hydrogen (secondary N) is 2. The third-order valence-corrected chi connectivity index (χ3v) is 6.50. The number of rotatable bonds is 3. The number of anilines is 2. The van der Waals surface area contributed by atoms with Gasteiger partial charge >= 0.3 is 6.09 Å². The Balaban J connectivity index is 1.48. The summed E-state index contributed by atoms with van der Waals surface area (Å²) in [5, 5.41) is 6.18. The molecular weight excluding hydrogens is 508 g/mol. The number of para-hydroxylation sites is 1. The van der Waals surface area contributed by atoms with Gasteiger partial charge in [0.25, 0.3) is 11.5 Å². The van der Waals surface area contributed by atoms with Gasteiger partial charge < -0.3 is 15.0 Å². The Labute approximate surface area is 222 Å². The molecule has 1 amide bonds. The number of halogens is 2. The summed E-state index contributed by atoms with van der Waals surface area (Å²) in [5.41, 5.74) is 0.224. The third-order valence-electron chi connectivity index (χ3n) is 6.50. The zero-order valence-electron chi connectivity index (χ0n) is 21.9. The zero-order chi connectivity index (χ0) is 27.9. The summed E-state index contributed by atoms with van der Waals surface area (Å²) in [5.74, 6) is -2.92. The van der Waals surface area contributed by atoms with Gasteiger partial charge in [-0.05, 0) is 57.5 Å². The van der Waals surface area contributed by atoms with E-state index in [9.17, 15) is 23.2 Å². The molecule has 39 heavy (non-hydrogen) atoms. The Bertz CT molecular complexity index is 1640. The molecule has 3 heterocycles. The summed E-state index contributed by atoms with van der Waals surface area (Å²) in [6, 6.07) is 13.5. The van der Waals surface area contributed by atoms with Gasteiger partial charge in [-0.25, -0.2) is 18.6 Å². The molecule has 5 rings (SSSR count). The SMILES string of the molecule is CC(C)(C)OC(=O)n1[nH]c(=O)c2cc(NC(=O)c3cc4ccccc4nc3N3CCCC(F)(F)CC3)ccc21. The maximum absolute atomic E-state index is 14.1. The minimum Gasteiger partial charge on any atom is -0.442 e. The topological polar surface area (TPSA) is 109 Å². The predicted molar refractivity (Wildman–Crippen MR) is 145 cm³/mol. The molecule has 204 valence electrons. The number of aromatic amines is 1.